The van der Waals surface area contributed by atoms with Crippen LogP contribution >= 0.6 is 0 Å². The zero-order valence-corrected chi connectivity index (χ0v) is 7.42. The summed E-state index contributed by atoms with van der Waals surface area (Å²) in [5.41, 5.74) is 0.400. The zero-order valence-electron chi connectivity index (χ0n) is 7.42. The molecule has 0 fully saturated rings. The van der Waals surface area contributed by atoms with E-state index in [9.17, 15) is 9.18 Å². The Morgan fingerprint density at radius 2 is 2.31 bits per heavy atom. The third-order valence-electron chi connectivity index (χ3n) is 1.68. The molecule has 0 radical (unpaired) electrons. The number of benzene rings is 1. The molecule has 0 bridgehead atoms. The van der Waals surface area contributed by atoms with Crippen LogP contribution in [0.2, 0.25) is 0 Å². The van der Waals surface area contributed by atoms with Crippen molar-refractivity contribution in [3.05, 3.63) is 35.6 Å². The third kappa shape index (κ3) is 2.95. The van der Waals surface area contributed by atoms with Crippen LogP contribution in [0.5, 0.6) is 0 Å². The maximum Gasteiger partial charge on any atom is 0.165 e. The summed E-state index contributed by atoms with van der Waals surface area (Å²) in [6.07, 6.45) is 0.292. The van der Waals surface area contributed by atoms with Gasteiger partial charge in [0.15, 0.2) is 5.78 Å². The summed E-state index contributed by atoms with van der Waals surface area (Å²) < 4.78 is 17.4. The minimum atomic E-state index is -0.386. The molecule has 0 unspecified atom stereocenters. The highest BCUT2D eigenvalue weighted by Crippen LogP contribution is 2.06. The molecule has 1 aromatic rings. The van der Waals surface area contributed by atoms with Gasteiger partial charge in [0, 0.05) is 19.1 Å². The second-order valence-electron chi connectivity index (χ2n) is 2.68. The maximum atomic E-state index is 12.7. The van der Waals surface area contributed by atoms with Crippen molar-refractivity contribution < 1.29 is 13.9 Å². The van der Waals surface area contributed by atoms with Crippen molar-refractivity contribution in [3.8, 4) is 0 Å². The van der Waals surface area contributed by atoms with E-state index in [1.54, 1.807) is 6.07 Å². The van der Waals surface area contributed by atoms with Crippen LogP contribution < -0.4 is 0 Å². The summed E-state index contributed by atoms with van der Waals surface area (Å²) in [5.74, 6) is -0.482. The highest BCUT2D eigenvalue weighted by molar-refractivity contribution is 5.96. The molecule has 0 aromatic heterocycles. The molecule has 0 atom stereocenters. The Balaban J connectivity index is 2.66. The lowest BCUT2D eigenvalue weighted by Crippen LogP contribution is -2.03. The van der Waals surface area contributed by atoms with Gasteiger partial charge >= 0.3 is 0 Å². The average molecular weight is 182 g/mol. The van der Waals surface area contributed by atoms with Gasteiger partial charge in [-0.2, -0.15) is 0 Å². The second kappa shape index (κ2) is 4.72. The van der Waals surface area contributed by atoms with E-state index in [4.69, 9.17) is 4.74 Å². The van der Waals surface area contributed by atoms with Crippen molar-refractivity contribution in [3.63, 3.8) is 0 Å². The minimum absolute atomic E-state index is 0.0960. The number of carbonyl (C=O) groups is 1. The van der Waals surface area contributed by atoms with Crippen LogP contribution in [0.25, 0.3) is 0 Å². The van der Waals surface area contributed by atoms with Crippen molar-refractivity contribution in [2.45, 2.75) is 6.42 Å². The quantitative estimate of drug-likeness (QED) is 0.666. The maximum absolute atomic E-state index is 12.7. The van der Waals surface area contributed by atoms with Gasteiger partial charge in [0.05, 0.1) is 6.61 Å². The standard InChI is InChI=1S/C10H11FO2/c1-13-6-5-10(12)8-3-2-4-9(11)7-8/h2-4,7H,5-6H2,1H3. The Labute approximate surface area is 76.3 Å². The van der Waals surface area contributed by atoms with E-state index in [-0.39, 0.29) is 11.6 Å². The molecule has 0 aliphatic carbocycles. The molecule has 0 N–H and O–H groups in total. The average Bonchev–Trinajstić information content (AvgIpc) is 2.14. The summed E-state index contributed by atoms with van der Waals surface area (Å²) in [6.45, 7) is 0.370. The Bertz CT molecular complexity index is 297. The lowest BCUT2D eigenvalue weighted by molar-refractivity contribution is 0.0932. The fourth-order valence-electron chi connectivity index (χ4n) is 1.00. The lowest BCUT2D eigenvalue weighted by atomic mass is 10.1. The number of hydrogen-bond donors (Lipinski definition) is 0. The molecule has 0 spiro atoms. The molecule has 2 nitrogen and oxygen atoms in total. The molecule has 0 heterocycles. The Kier molecular flexibility index (Phi) is 3.58. The zero-order chi connectivity index (χ0) is 9.68. The van der Waals surface area contributed by atoms with E-state index in [2.05, 4.69) is 0 Å². The van der Waals surface area contributed by atoms with E-state index in [1.165, 1.54) is 25.3 Å². The first-order chi connectivity index (χ1) is 6.24. The number of rotatable bonds is 4. The SMILES string of the molecule is COCCC(=O)c1cccc(F)c1. The van der Waals surface area contributed by atoms with Crippen LogP contribution in [0.4, 0.5) is 4.39 Å². The fourth-order valence-corrected chi connectivity index (χ4v) is 1.00. The molecular weight excluding hydrogens is 171 g/mol. The predicted octanol–water partition coefficient (Wildman–Crippen LogP) is 2.04. The molecule has 0 saturated carbocycles. The van der Waals surface area contributed by atoms with Crippen molar-refractivity contribution in [2.24, 2.45) is 0 Å². The number of carbonyl (C=O) groups excluding carboxylic acids is 1. The van der Waals surface area contributed by atoms with Gasteiger partial charge in [-0.1, -0.05) is 12.1 Å². The Morgan fingerprint density at radius 3 is 2.92 bits per heavy atom. The van der Waals surface area contributed by atoms with Crippen molar-refractivity contribution in [1.29, 1.82) is 0 Å². The fraction of sp³-hybridized carbons (Fsp3) is 0.300. The number of halogens is 1. The molecule has 0 aliphatic heterocycles. The highest BCUT2D eigenvalue weighted by Gasteiger charge is 2.05. The molecule has 1 aromatic carbocycles. The van der Waals surface area contributed by atoms with E-state index in [0.29, 0.717) is 18.6 Å². The number of Topliss-reactive ketones (excluding diaryl/α,β-unsaturated/α-hetero) is 1. The first kappa shape index (κ1) is 9.86. The van der Waals surface area contributed by atoms with Crippen LogP contribution in [0.15, 0.2) is 24.3 Å². The first-order valence-corrected chi connectivity index (χ1v) is 4.01. The predicted molar refractivity (Wildman–Crippen MR) is 47.2 cm³/mol. The summed E-state index contributed by atoms with van der Waals surface area (Å²) in [4.78, 5) is 11.3. The van der Waals surface area contributed by atoms with Crippen molar-refractivity contribution in [2.75, 3.05) is 13.7 Å². The minimum Gasteiger partial charge on any atom is -0.384 e. The van der Waals surface area contributed by atoms with Crippen LogP contribution in [-0.4, -0.2) is 19.5 Å². The monoisotopic (exact) mass is 182 g/mol. The molecule has 1 rings (SSSR count). The topological polar surface area (TPSA) is 26.3 Å². The van der Waals surface area contributed by atoms with E-state index in [0.717, 1.165) is 0 Å². The number of methoxy groups -OCH3 is 1. The van der Waals surface area contributed by atoms with Crippen molar-refractivity contribution in [1.82, 2.24) is 0 Å². The largest absolute Gasteiger partial charge is 0.384 e. The smallest absolute Gasteiger partial charge is 0.165 e. The van der Waals surface area contributed by atoms with Crippen molar-refractivity contribution >= 4 is 5.78 Å². The molecular formula is C10H11FO2. The van der Waals surface area contributed by atoms with Gasteiger partial charge in [-0.15, -0.1) is 0 Å². The van der Waals surface area contributed by atoms with E-state index >= 15 is 0 Å². The van der Waals surface area contributed by atoms with Gasteiger partial charge in [0.25, 0.3) is 0 Å². The molecule has 70 valence electrons. The normalized spacial score (nSPS) is 10.0. The van der Waals surface area contributed by atoms with Crippen LogP contribution in [0.1, 0.15) is 16.8 Å². The molecule has 0 amide bonds. The third-order valence-corrected chi connectivity index (χ3v) is 1.68. The van der Waals surface area contributed by atoms with E-state index in [1.807, 2.05) is 0 Å². The van der Waals surface area contributed by atoms with Gasteiger partial charge < -0.3 is 4.74 Å². The summed E-state index contributed by atoms with van der Waals surface area (Å²) in [7, 11) is 1.53. The number of ketones is 1. The summed E-state index contributed by atoms with van der Waals surface area (Å²) >= 11 is 0. The molecule has 13 heavy (non-hydrogen) atoms. The van der Waals surface area contributed by atoms with Gasteiger partial charge in [-0.3, -0.25) is 4.79 Å². The number of hydrogen-bond acceptors (Lipinski definition) is 2. The van der Waals surface area contributed by atoms with E-state index < -0.39 is 0 Å². The molecule has 0 aliphatic rings. The Morgan fingerprint density at radius 1 is 1.54 bits per heavy atom. The highest BCUT2D eigenvalue weighted by atomic mass is 19.1. The van der Waals surface area contributed by atoms with Gasteiger partial charge in [0.2, 0.25) is 0 Å². The van der Waals surface area contributed by atoms with Gasteiger partial charge in [-0.05, 0) is 12.1 Å². The lowest BCUT2D eigenvalue weighted by Gasteiger charge is -1.99. The first-order valence-electron chi connectivity index (χ1n) is 4.01. The summed E-state index contributed by atoms with van der Waals surface area (Å²) in [6, 6.07) is 5.67. The van der Waals surface area contributed by atoms with Gasteiger partial charge in [0.1, 0.15) is 5.82 Å². The van der Waals surface area contributed by atoms with Gasteiger partial charge in [-0.25, -0.2) is 4.39 Å². The van der Waals surface area contributed by atoms with Crippen LogP contribution in [0.3, 0.4) is 0 Å². The van der Waals surface area contributed by atoms with Crippen LogP contribution in [0, 0.1) is 5.82 Å². The Hall–Kier alpha value is -1.22. The number of ether oxygens (including phenoxy) is 1. The molecule has 3 heteroatoms. The second-order valence-corrected chi connectivity index (χ2v) is 2.68. The molecule has 0 saturated heterocycles. The summed E-state index contributed by atoms with van der Waals surface area (Å²) in [5, 5.41) is 0. The van der Waals surface area contributed by atoms with Crippen LogP contribution in [-0.2, 0) is 4.74 Å².